The number of halogens is 4. The van der Waals surface area contributed by atoms with Crippen molar-refractivity contribution in [3.8, 4) is 0 Å². The van der Waals surface area contributed by atoms with E-state index in [2.05, 4.69) is 15.4 Å². The van der Waals surface area contributed by atoms with Crippen LogP contribution in [-0.2, 0) is 6.42 Å². The number of furan rings is 1. The Labute approximate surface area is 180 Å². The summed E-state index contributed by atoms with van der Waals surface area (Å²) in [6.45, 7) is 0.305. The zero-order chi connectivity index (χ0) is 22.2. The van der Waals surface area contributed by atoms with Gasteiger partial charge >= 0.3 is 6.18 Å². The normalized spacial score (nSPS) is 18.4. The van der Waals surface area contributed by atoms with Gasteiger partial charge in [-0.15, -0.1) is 0 Å². The highest BCUT2D eigenvalue weighted by atomic mass is 35.5. The summed E-state index contributed by atoms with van der Waals surface area (Å²) in [5, 5.41) is 6.74. The Morgan fingerprint density at radius 1 is 1.35 bits per heavy atom. The molecule has 3 aromatic rings. The van der Waals surface area contributed by atoms with E-state index in [1.165, 1.54) is 11.2 Å². The average molecular weight is 454 g/mol. The number of hydrogen-bond acceptors (Lipinski definition) is 5. The number of pyridine rings is 1. The van der Waals surface area contributed by atoms with Gasteiger partial charge in [0.2, 0.25) is 0 Å². The number of hydrogen-bond donors (Lipinski definition) is 1. The second-order valence-electron chi connectivity index (χ2n) is 7.26. The van der Waals surface area contributed by atoms with Crippen LogP contribution < -0.4 is 5.32 Å². The summed E-state index contributed by atoms with van der Waals surface area (Å²) in [4.78, 5) is 18.4. The maximum atomic E-state index is 13.8. The Hall–Kier alpha value is -3.01. The van der Waals surface area contributed by atoms with Crippen molar-refractivity contribution in [3.63, 3.8) is 0 Å². The summed E-state index contributed by atoms with van der Waals surface area (Å²) in [7, 11) is 1.54. The first-order valence-electron chi connectivity index (χ1n) is 9.55. The van der Waals surface area contributed by atoms with Crippen molar-refractivity contribution < 1.29 is 22.4 Å². The Balaban J connectivity index is 1.60. The molecule has 1 aliphatic heterocycles. The molecule has 0 radical (unpaired) electrons. The molecule has 0 bridgehead atoms. The molecule has 11 heteroatoms. The lowest BCUT2D eigenvalue weighted by Crippen LogP contribution is -2.36. The third kappa shape index (κ3) is 4.25. The summed E-state index contributed by atoms with van der Waals surface area (Å²) < 4.78 is 47.4. The number of aromatic nitrogens is 3. The molecule has 0 aliphatic carbocycles. The van der Waals surface area contributed by atoms with Crippen LogP contribution in [0.15, 0.2) is 47.2 Å². The number of alkyl halides is 3. The molecule has 0 saturated heterocycles. The molecule has 0 spiro atoms. The summed E-state index contributed by atoms with van der Waals surface area (Å²) in [5.41, 5.74) is 0.555. The average Bonchev–Trinajstić information content (AvgIpc) is 3.39. The molecule has 4 heterocycles. The molecule has 0 saturated carbocycles. The molecule has 1 amide bonds. The van der Waals surface area contributed by atoms with E-state index in [4.69, 9.17) is 16.0 Å². The molecule has 0 aromatic carbocycles. The Morgan fingerprint density at radius 3 is 2.81 bits per heavy atom. The molecular weight excluding hydrogens is 435 g/mol. The zero-order valence-corrected chi connectivity index (χ0v) is 17.2. The van der Waals surface area contributed by atoms with Crippen molar-refractivity contribution in [3.05, 3.63) is 65.0 Å². The van der Waals surface area contributed by atoms with Crippen LogP contribution in [0, 0.1) is 0 Å². The molecule has 164 valence electrons. The van der Waals surface area contributed by atoms with Gasteiger partial charge in [0.1, 0.15) is 16.6 Å². The van der Waals surface area contributed by atoms with E-state index in [-0.39, 0.29) is 23.0 Å². The summed E-state index contributed by atoms with van der Waals surface area (Å²) in [6, 6.07) is 5.93. The van der Waals surface area contributed by atoms with Crippen LogP contribution in [0.5, 0.6) is 0 Å². The van der Waals surface area contributed by atoms with E-state index >= 15 is 0 Å². The predicted octanol–water partition coefficient (Wildman–Crippen LogP) is 4.50. The van der Waals surface area contributed by atoms with Gasteiger partial charge < -0.3 is 14.6 Å². The van der Waals surface area contributed by atoms with Crippen molar-refractivity contribution in [1.29, 1.82) is 0 Å². The van der Waals surface area contributed by atoms with Crippen LogP contribution >= 0.6 is 11.6 Å². The number of fused-ring (bicyclic) bond motifs is 1. The number of rotatable bonds is 5. The molecule has 3 aromatic heterocycles. The lowest BCUT2D eigenvalue weighted by Gasteiger charge is -2.32. The molecule has 4 rings (SSSR count). The van der Waals surface area contributed by atoms with E-state index in [1.807, 2.05) is 12.1 Å². The molecule has 2 atom stereocenters. The Bertz CT molecular complexity index is 1050. The van der Waals surface area contributed by atoms with E-state index in [0.717, 1.165) is 10.4 Å². The van der Waals surface area contributed by atoms with Gasteiger partial charge in [0.15, 0.2) is 11.7 Å². The van der Waals surface area contributed by atoms with Crippen LogP contribution in [0.2, 0.25) is 5.02 Å². The number of carbonyl (C=O) groups excluding carboxylic acids is 1. The number of nitrogens with zero attached hydrogens (tertiary/aromatic N) is 4. The quantitative estimate of drug-likeness (QED) is 0.615. The first-order chi connectivity index (χ1) is 14.8. The van der Waals surface area contributed by atoms with Gasteiger partial charge in [-0.3, -0.25) is 9.78 Å². The van der Waals surface area contributed by atoms with Crippen molar-refractivity contribution in [2.24, 2.45) is 0 Å². The molecular formula is C20H19ClF3N5O2. The highest BCUT2D eigenvalue weighted by molar-refractivity contribution is 6.36. The molecule has 0 unspecified atom stereocenters. The third-order valence-electron chi connectivity index (χ3n) is 5.16. The molecule has 1 aliphatic rings. The van der Waals surface area contributed by atoms with Gasteiger partial charge in [0.25, 0.3) is 5.91 Å². The molecule has 31 heavy (non-hydrogen) atoms. The first kappa shape index (κ1) is 21.2. The highest BCUT2D eigenvalue weighted by Gasteiger charge is 2.48. The lowest BCUT2D eigenvalue weighted by atomic mass is 10.0. The number of likely N-dealkylation sites (N-methyl/N-ethyl adjacent to an activating group) is 1. The standard InChI is InChI=1S/C20H19ClF3N5O2/c1-28(9-7-12-5-2-3-8-25-12)19(30)17-16(21)18-26-13(14-6-4-10-31-14)11-15(20(22,23)24)29(18)27-17/h2-6,8,10,13,15,26H,7,9,11H2,1H3/t13-,15-/m1/s1. The van der Waals surface area contributed by atoms with Crippen LogP contribution in [0.1, 0.15) is 40.4 Å². The minimum absolute atomic E-state index is 0.0573. The molecule has 0 fully saturated rings. The maximum Gasteiger partial charge on any atom is 0.410 e. The summed E-state index contributed by atoms with van der Waals surface area (Å²) in [6.07, 6.45) is -1.40. The first-order valence-corrected chi connectivity index (χ1v) is 9.93. The summed E-state index contributed by atoms with van der Waals surface area (Å²) in [5.74, 6) is -0.281. The lowest BCUT2D eigenvalue weighted by molar-refractivity contribution is -0.174. The van der Waals surface area contributed by atoms with E-state index < -0.39 is 24.2 Å². The van der Waals surface area contributed by atoms with Gasteiger partial charge in [-0.2, -0.15) is 18.3 Å². The van der Waals surface area contributed by atoms with Crippen molar-refractivity contribution in [1.82, 2.24) is 19.7 Å². The van der Waals surface area contributed by atoms with Gasteiger partial charge in [0.05, 0.1) is 12.3 Å². The fraction of sp³-hybridized carbons (Fsp3) is 0.350. The van der Waals surface area contributed by atoms with Gasteiger partial charge in [-0.25, -0.2) is 4.68 Å². The van der Waals surface area contributed by atoms with E-state index in [9.17, 15) is 18.0 Å². The van der Waals surface area contributed by atoms with E-state index in [0.29, 0.717) is 18.7 Å². The Kier molecular flexibility index (Phi) is 5.65. The molecule has 7 nitrogen and oxygen atoms in total. The minimum atomic E-state index is -4.58. The largest absolute Gasteiger partial charge is 0.467 e. The number of carbonyl (C=O) groups is 1. The number of nitrogens with one attached hydrogen (secondary N) is 1. The topological polar surface area (TPSA) is 76.2 Å². The maximum absolute atomic E-state index is 13.8. The van der Waals surface area contributed by atoms with Crippen LogP contribution in [-0.4, -0.2) is 45.3 Å². The fourth-order valence-electron chi connectivity index (χ4n) is 3.51. The third-order valence-corrected chi connectivity index (χ3v) is 5.52. The smallest absolute Gasteiger partial charge is 0.410 e. The molecule has 1 N–H and O–H groups in total. The SMILES string of the molecule is CN(CCc1ccccn1)C(=O)c1nn2c(c1Cl)N[C@@H](c1ccco1)C[C@@H]2C(F)(F)F. The predicted molar refractivity (Wildman–Crippen MR) is 107 cm³/mol. The Morgan fingerprint density at radius 2 is 2.16 bits per heavy atom. The van der Waals surface area contributed by atoms with Crippen LogP contribution in [0.4, 0.5) is 19.0 Å². The highest BCUT2D eigenvalue weighted by Crippen LogP contribution is 2.46. The van der Waals surface area contributed by atoms with Gasteiger partial charge in [0, 0.05) is 38.3 Å². The summed E-state index contributed by atoms with van der Waals surface area (Å²) >= 11 is 6.34. The van der Waals surface area contributed by atoms with Gasteiger partial charge in [-0.1, -0.05) is 17.7 Å². The number of amides is 1. The fourth-order valence-corrected chi connectivity index (χ4v) is 3.77. The zero-order valence-electron chi connectivity index (χ0n) is 16.4. The number of anilines is 1. The van der Waals surface area contributed by atoms with Crippen LogP contribution in [0.25, 0.3) is 0 Å². The van der Waals surface area contributed by atoms with Gasteiger partial charge in [-0.05, 0) is 24.3 Å². The van der Waals surface area contributed by atoms with Crippen LogP contribution in [0.3, 0.4) is 0 Å². The van der Waals surface area contributed by atoms with E-state index in [1.54, 1.807) is 31.4 Å². The minimum Gasteiger partial charge on any atom is -0.467 e. The van der Waals surface area contributed by atoms with Crippen molar-refractivity contribution in [2.75, 3.05) is 18.9 Å². The van der Waals surface area contributed by atoms with Crippen molar-refractivity contribution >= 4 is 23.3 Å². The van der Waals surface area contributed by atoms with Crippen molar-refractivity contribution in [2.45, 2.75) is 31.1 Å². The monoisotopic (exact) mass is 453 g/mol. The second-order valence-corrected chi connectivity index (χ2v) is 7.64. The second kappa shape index (κ2) is 8.26.